The van der Waals surface area contributed by atoms with Crippen LogP contribution < -0.4 is 10.6 Å². The molecule has 0 bridgehead atoms. The van der Waals surface area contributed by atoms with E-state index in [1.165, 1.54) is 0 Å². The van der Waals surface area contributed by atoms with Crippen molar-refractivity contribution in [3.05, 3.63) is 17.5 Å². The Labute approximate surface area is 89.2 Å². The van der Waals surface area contributed by atoms with Crippen molar-refractivity contribution < 1.29 is 9.32 Å². The smallest absolute Gasteiger partial charge is 0.289 e. The van der Waals surface area contributed by atoms with Crippen LogP contribution in [0.2, 0.25) is 0 Å². The third-order valence-electron chi connectivity index (χ3n) is 1.81. The van der Waals surface area contributed by atoms with Crippen molar-refractivity contribution in [1.29, 1.82) is 0 Å². The van der Waals surface area contributed by atoms with Crippen LogP contribution in [0.5, 0.6) is 0 Å². The minimum absolute atomic E-state index is 0.221. The molecule has 0 radical (unpaired) electrons. The summed E-state index contributed by atoms with van der Waals surface area (Å²) in [5.41, 5.74) is 0.709. The van der Waals surface area contributed by atoms with Gasteiger partial charge < -0.3 is 15.2 Å². The van der Waals surface area contributed by atoms with Crippen molar-refractivity contribution in [2.45, 2.75) is 26.8 Å². The number of aryl methyl sites for hydroxylation is 1. The number of amides is 1. The van der Waals surface area contributed by atoms with Crippen LogP contribution in [0.1, 0.15) is 30.1 Å². The van der Waals surface area contributed by atoms with Gasteiger partial charge in [-0.15, -0.1) is 0 Å². The Morgan fingerprint density at radius 3 is 2.80 bits per heavy atom. The molecular formula is C10H17N3O2. The molecule has 0 saturated heterocycles. The molecule has 5 nitrogen and oxygen atoms in total. The first-order valence-corrected chi connectivity index (χ1v) is 5.04. The molecule has 0 spiro atoms. The molecule has 0 aliphatic rings. The highest BCUT2D eigenvalue weighted by Crippen LogP contribution is 2.00. The van der Waals surface area contributed by atoms with Crippen LogP contribution in [0.4, 0.5) is 0 Å². The lowest BCUT2D eigenvalue weighted by Crippen LogP contribution is -2.34. The Morgan fingerprint density at radius 1 is 1.53 bits per heavy atom. The van der Waals surface area contributed by atoms with E-state index >= 15 is 0 Å². The van der Waals surface area contributed by atoms with Crippen LogP contribution in [-0.4, -0.2) is 30.2 Å². The van der Waals surface area contributed by atoms with Gasteiger partial charge in [0.2, 0.25) is 5.76 Å². The molecule has 0 aromatic carbocycles. The van der Waals surface area contributed by atoms with Gasteiger partial charge in [-0.1, -0.05) is 19.0 Å². The Bertz CT molecular complexity index is 320. The predicted molar refractivity (Wildman–Crippen MR) is 56.7 cm³/mol. The summed E-state index contributed by atoms with van der Waals surface area (Å²) in [6, 6.07) is 2.04. The molecule has 1 aromatic rings. The van der Waals surface area contributed by atoms with Gasteiger partial charge in [-0.25, -0.2) is 0 Å². The van der Waals surface area contributed by atoms with Crippen LogP contribution in [0.3, 0.4) is 0 Å². The van der Waals surface area contributed by atoms with Gasteiger partial charge in [-0.05, 0) is 6.92 Å². The average Bonchev–Trinajstić information content (AvgIpc) is 2.59. The Kier molecular flexibility index (Phi) is 4.30. The first-order chi connectivity index (χ1) is 7.09. The number of hydrogen-bond donors (Lipinski definition) is 2. The number of nitrogens with one attached hydrogen (secondary N) is 2. The van der Waals surface area contributed by atoms with Crippen LogP contribution in [0.25, 0.3) is 0 Å². The molecule has 0 aliphatic carbocycles. The molecule has 1 amide bonds. The molecule has 0 aliphatic heterocycles. The van der Waals surface area contributed by atoms with E-state index in [4.69, 9.17) is 4.52 Å². The first-order valence-electron chi connectivity index (χ1n) is 5.04. The zero-order valence-corrected chi connectivity index (χ0v) is 9.33. The van der Waals surface area contributed by atoms with Gasteiger partial charge in [-0.2, -0.15) is 0 Å². The predicted octanol–water partition coefficient (Wildman–Crippen LogP) is 0.711. The summed E-state index contributed by atoms with van der Waals surface area (Å²) in [7, 11) is 0. The maximum Gasteiger partial charge on any atom is 0.289 e. The summed E-state index contributed by atoms with van der Waals surface area (Å²) >= 11 is 0. The quantitative estimate of drug-likeness (QED) is 0.704. The van der Waals surface area contributed by atoms with Crippen molar-refractivity contribution in [2.75, 3.05) is 13.1 Å². The van der Waals surface area contributed by atoms with Crippen LogP contribution >= 0.6 is 0 Å². The SMILES string of the molecule is Cc1cc(C(=O)NCCNC(C)C)on1. The zero-order chi connectivity index (χ0) is 11.3. The Morgan fingerprint density at radius 2 is 2.27 bits per heavy atom. The number of hydrogen-bond acceptors (Lipinski definition) is 4. The van der Waals surface area contributed by atoms with Gasteiger partial charge in [0, 0.05) is 25.2 Å². The molecule has 84 valence electrons. The van der Waals surface area contributed by atoms with Gasteiger partial charge in [0.1, 0.15) is 0 Å². The zero-order valence-electron chi connectivity index (χ0n) is 9.33. The van der Waals surface area contributed by atoms with Crippen molar-refractivity contribution >= 4 is 5.91 Å². The number of aromatic nitrogens is 1. The summed E-state index contributed by atoms with van der Waals surface area (Å²) in [5, 5.41) is 9.57. The highest BCUT2D eigenvalue weighted by atomic mass is 16.5. The van der Waals surface area contributed by atoms with Crippen molar-refractivity contribution in [3.8, 4) is 0 Å². The van der Waals surface area contributed by atoms with Gasteiger partial charge in [-0.3, -0.25) is 4.79 Å². The highest BCUT2D eigenvalue weighted by Gasteiger charge is 2.09. The number of rotatable bonds is 5. The van der Waals surface area contributed by atoms with E-state index in [1.807, 2.05) is 0 Å². The van der Waals surface area contributed by atoms with E-state index in [1.54, 1.807) is 13.0 Å². The second-order valence-electron chi connectivity index (χ2n) is 3.70. The molecule has 1 rings (SSSR count). The van der Waals surface area contributed by atoms with E-state index in [-0.39, 0.29) is 11.7 Å². The molecule has 15 heavy (non-hydrogen) atoms. The third-order valence-corrected chi connectivity index (χ3v) is 1.81. The maximum absolute atomic E-state index is 11.4. The summed E-state index contributed by atoms with van der Waals surface area (Å²) in [4.78, 5) is 11.4. The van der Waals surface area contributed by atoms with Crippen molar-refractivity contribution in [1.82, 2.24) is 15.8 Å². The normalized spacial score (nSPS) is 10.7. The second kappa shape index (κ2) is 5.50. The van der Waals surface area contributed by atoms with Crippen molar-refractivity contribution in [2.24, 2.45) is 0 Å². The van der Waals surface area contributed by atoms with E-state index in [0.717, 1.165) is 6.54 Å². The van der Waals surface area contributed by atoms with Gasteiger partial charge in [0.25, 0.3) is 5.91 Å². The van der Waals surface area contributed by atoms with E-state index < -0.39 is 0 Å². The van der Waals surface area contributed by atoms with Crippen molar-refractivity contribution in [3.63, 3.8) is 0 Å². The topological polar surface area (TPSA) is 67.2 Å². The van der Waals surface area contributed by atoms with Crippen LogP contribution in [0, 0.1) is 6.92 Å². The summed E-state index contributed by atoms with van der Waals surface area (Å²) in [5.74, 6) is 0.0400. The molecule has 0 atom stereocenters. The second-order valence-corrected chi connectivity index (χ2v) is 3.70. The minimum atomic E-state index is -0.221. The molecule has 1 heterocycles. The molecule has 1 aromatic heterocycles. The lowest BCUT2D eigenvalue weighted by Gasteiger charge is -2.07. The summed E-state index contributed by atoms with van der Waals surface area (Å²) in [6.45, 7) is 7.22. The monoisotopic (exact) mass is 211 g/mol. The molecule has 0 unspecified atom stereocenters. The Hall–Kier alpha value is -1.36. The van der Waals surface area contributed by atoms with Gasteiger partial charge in [0.05, 0.1) is 5.69 Å². The third kappa shape index (κ3) is 4.12. The minimum Gasteiger partial charge on any atom is -0.351 e. The molecule has 0 saturated carbocycles. The molecule has 5 heteroatoms. The fourth-order valence-corrected chi connectivity index (χ4v) is 1.09. The van der Waals surface area contributed by atoms with E-state index in [0.29, 0.717) is 18.3 Å². The van der Waals surface area contributed by atoms with Crippen LogP contribution in [0.15, 0.2) is 10.6 Å². The van der Waals surface area contributed by atoms with Crippen LogP contribution in [-0.2, 0) is 0 Å². The number of nitrogens with zero attached hydrogens (tertiary/aromatic N) is 1. The van der Waals surface area contributed by atoms with Gasteiger partial charge >= 0.3 is 0 Å². The fraction of sp³-hybridized carbons (Fsp3) is 0.600. The molecule has 0 fully saturated rings. The average molecular weight is 211 g/mol. The van der Waals surface area contributed by atoms with E-state index in [9.17, 15) is 4.79 Å². The summed E-state index contributed by atoms with van der Waals surface area (Å²) < 4.78 is 4.82. The first kappa shape index (κ1) is 11.7. The molecular weight excluding hydrogens is 194 g/mol. The number of carbonyl (C=O) groups excluding carboxylic acids is 1. The maximum atomic E-state index is 11.4. The van der Waals surface area contributed by atoms with E-state index in [2.05, 4.69) is 29.6 Å². The standard InChI is InChI=1S/C10H17N3O2/c1-7(2)11-4-5-12-10(14)9-6-8(3)13-15-9/h6-7,11H,4-5H2,1-3H3,(H,12,14). The number of carbonyl (C=O) groups is 1. The summed E-state index contributed by atoms with van der Waals surface area (Å²) in [6.07, 6.45) is 0. The molecule has 2 N–H and O–H groups in total. The van der Waals surface area contributed by atoms with Gasteiger partial charge in [0.15, 0.2) is 0 Å². The largest absolute Gasteiger partial charge is 0.351 e. The Balaban J connectivity index is 2.25. The fourth-order valence-electron chi connectivity index (χ4n) is 1.09. The lowest BCUT2D eigenvalue weighted by molar-refractivity contribution is 0.0917. The highest BCUT2D eigenvalue weighted by molar-refractivity contribution is 5.91. The lowest BCUT2D eigenvalue weighted by atomic mass is 10.3.